The maximum Gasteiger partial charge on any atom is 0.323 e. The lowest BCUT2D eigenvalue weighted by molar-refractivity contribution is 0.262. The van der Waals surface area contributed by atoms with Crippen LogP contribution in [0, 0.1) is 0 Å². The van der Waals surface area contributed by atoms with Gasteiger partial charge in [-0.1, -0.05) is 24.3 Å². The second-order valence-corrected chi connectivity index (χ2v) is 7.44. The molecule has 2 amide bonds. The summed E-state index contributed by atoms with van der Waals surface area (Å²) in [5.41, 5.74) is 2.87. The number of aryl methyl sites for hydroxylation is 1. The third kappa shape index (κ3) is 4.45. The lowest BCUT2D eigenvalue weighted by Crippen LogP contribution is -2.19. The lowest BCUT2D eigenvalue weighted by atomic mass is 10.0. The summed E-state index contributed by atoms with van der Waals surface area (Å²) in [4.78, 5) is 16.6. The Balaban J connectivity index is 1.24. The summed E-state index contributed by atoms with van der Waals surface area (Å²) in [6, 6.07) is 19.8. The number of urea groups is 1. The molecule has 0 aliphatic rings. The fourth-order valence-corrected chi connectivity index (χ4v) is 3.69. The molecule has 5 aromatic rings. The summed E-state index contributed by atoms with van der Waals surface area (Å²) in [6.07, 6.45) is 3.68. The van der Waals surface area contributed by atoms with Gasteiger partial charge >= 0.3 is 6.03 Å². The molecule has 0 unspecified atom stereocenters. The molecule has 0 atom stereocenters. The number of pyridine rings is 1. The molecule has 0 radical (unpaired) electrons. The molecule has 0 aliphatic heterocycles. The minimum absolute atomic E-state index is 0.364. The van der Waals surface area contributed by atoms with Gasteiger partial charge in [-0.3, -0.25) is 9.49 Å². The number of nitrogens with one attached hydrogen (secondary N) is 3. The van der Waals surface area contributed by atoms with Crippen LogP contribution in [0.1, 0.15) is 5.56 Å². The van der Waals surface area contributed by atoms with E-state index in [2.05, 4.69) is 25.8 Å². The number of rotatable bonds is 6. The van der Waals surface area contributed by atoms with Crippen LogP contribution in [0.4, 0.5) is 20.6 Å². The molecule has 7 nitrogen and oxygen atoms in total. The van der Waals surface area contributed by atoms with Gasteiger partial charge < -0.3 is 15.4 Å². The van der Waals surface area contributed by atoms with E-state index in [0.717, 1.165) is 21.7 Å². The van der Waals surface area contributed by atoms with Crippen molar-refractivity contribution in [2.45, 2.75) is 6.42 Å². The van der Waals surface area contributed by atoms with Gasteiger partial charge in [0.1, 0.15) is 11.5 Å². The standard InChI is InChI=1S/C25H20FN5O2/c26-12-10-16-2-1-3-17-14-19(6-9-21(16)17)30-25(32)29-18-4-7-20(8-5-18)33-23-11-13-27-24-22(23)15-28-31-24/h1-9,11,13-15H,10,12H2,(H,27,28,31)(H2,29,30,32). The number of carbonyl (C=O) groups is 1. The fourth-order valence-electron chi connectivity index (χ4n) is 3.69. The summed E-state index contributed by atoms with van der Waals surface area (Å²) in [7, 11) is 0. The third-order valence-corrected chi connectivity index (χ3v) is 5.25. The summed E-state index contributed by atoms with van der Waals surface area (Å²) in [5, 5.41) is 15.1. The molecule has 0 saturated carbocycles. The van der Waals surface area contributed by atoms with E-state index >= 15 is 0 Å². The SMILES string of the molecule is O=C(Nc1ccc(Oc2ccnc3[nH]ncc23)cc1)Nc1ccc2c(CCF)cccc2c1. The predicted molar refractivity (Wildman–Crippen MR) is 127 cm³/mol. The Morgan fingerprint density at radius 1 is 0.970 bits per heavy atom. The minimum atomic E-state index is -0.401. The molecular formula is C25H20FN5O2. The van der Waals surface area contributed by atoms with Crippen LogP contribution in [0.5, 0.6) is 11.5 Å². The van der Waals surface area contributed by atoms with Gasteiger partial charge in [-0.2, -0.15) is 5.10 Å². The number of carbonyl (C=O) groups excluding carboxylic acids is 1. The Bertz CT molecular complexity index is 1430. The fraction of sp³-hybridized carbons (Fsp3) is 0.0800. The number of hydrogen-bond acceptors (Lipinski definition) is 4. The van der Waals surface area contributed by atoms with E-state index in [0.29, 0.717) is 34.9 Å². The molecule has 2 aromatic heterocycles. The number of aromatic amines is 1. The molecular weight excluding hydrogens is 421 g/mol. The van der Waals surface area contributed by atoms with Gasteiger partial charge in [-0.05, 0) is 58.8 Å². The first-order valence-electron chi connectivity index (χ1n) is 10.4. The number of ether oxygens (including phenoxy) is 1. The quantitative estimate of drug-likeness (QED) is 0.299. The number of H-pyrrole nitrogens is 1. The van der Waals surface area contributed by atoms with E-state index in [9.17, 15) is 9.18 Å². The number of aromatic nitrogens is 3. The van der Waals surface area contributed by atoms with Crippen molar-refractivity contribution in [1.82, 2.24) is 15.2 Å². The van der Waals surface area contributed by atoms with Gasteiger partial charge in [0.25, 0.3) is 0 Å². The Labute approximate surface area is 188 Å². The van der Waals surface area contributed by atoms with E-state index in [4.69, 9.17) is 4.74 Å². The van der Waals surface area contributed by atoms with Crippen molar-refractivity contribution in [2.24, 2.45) is 0 Å². The van der Waals surface area contributed by atoms with Crippen LogP contribution in [-0.4, -0.2) is 27.9 Å². The third-order valence-electron chi connectivity index (χ3n) is 5.25. The minimum Gasteiger partial charge on any atom is -0.456 e. The maximum absolute atomic E-state index is 12.8. The van der Waals surface area contributed by atoms with Gasteiger partial charge in [0, 0.05) is 24.0 Å². The van der Waals surface area contributed by atoms with Crippen LogP contribution in [0.15, 0.2) is 79.1 Å². The normalized spacial score (nSPS) is 10.9. The van der Waals surface area contributed by atoms with Gasteiger partial charge in [-0.25, -0.2) is 9.78 Å². The van der Waals surface area contributed by atoms with Crippen molar-refractivity contribution < 1.29 is 13.9 Å². The first kappa shape index (κ1) is 20.4. The van der Waals surface area contributed by atoms with Crippen molar-refractivity contribution in [2.75, 3.05) is 17.3 Å². The zero-order valence-electron chi connectivity index (χ0n) is 17.5. The molecule has 3 aromatic carbocycles. The second-order valence-electron chi connectivity index (χ2n) is 7.44. The van der Waals surface area contributed by atoms with Crippen molar-refractivity contribution in [3.05, 3.63) is 84.7 Å². The topological polar surface area (TPSA) is 91.9 Å². The van der Waals surface area contributed by atoms with Crippen LogP contribution in [-0.2, 0) is 6.42 Å². The van der Waals surface area contributed by atoms with Gasteiger partial charge in [0.2, 0.25) is 0 Å². The smallest absolute Gasteiger partial charge is 0.323 e. The highest BCUT2D eigenvalue weighted by Crippen LogP contribution is 2.28. The first-order valence-corrected chi connectivity index (χ1v) is 10.4. The van der Waals surface area contributed by atoms with Crippen LogP contribution < -0.4 is 15.4 Å². The molecule has 8 heteroatoms. The van der Waals surface area contributed by atoms with E-state index in [-0.39, 0.29) is 6.03 Å². The number of amides is 2. The molecule has 2 heterocycles. The van der Waals surface area contributed by atoms with Crippen molar-refractivity contribution in [3.63, 3.8) is 0 Å². The number of benzene rings is 3. The summed E-state index contributed by atoms with van der Waals surface area (Å²) in [6.45, 7) is -0.401. The average Bonchev–Trinajstić information content (AvgIpc) is 3.31. The molecule has 0 aliphatic carbocycles. The molecule has 0 spiro atoms. The first-order chi connectivity index (χ1) is 16.2. The van der Waals surface area contributed by atoms with Crippen molar-refractivity contribution in [3.8, 4) is 11.5 Å². The molecule has 0 bridgehead atoms. The van der Waals surface area contributed by atoms with E-state index < -0.39 is 6.67 Å². The van der Waals surface area contributed by atoms with Gasteiger partial charge in [-0.15, -0.1) is 0 Å². The molecule has 0 fully saturated rings. The zero-order chi connectivity index (χ0) is 22.6. The highest BCUT2D eigenvalue weighted by atomic mass is 19.1. The molecule has 3 N–H and O–H groups in total. The molecule has 33 heavy (non-hydrogen) atoms. The molecule has 5 rings (SSSR count). The van der Waals surface area contributed by atoms with Crippen molar-refractivity contribution >= 4 is 39.2 Å². The summed E-state index contributed by atoms with van der Waals surface area (Å²) in [5.74, 6) is 1.26. The maximum atomic E-state index is 12.8. The van der Waals surface area contributed by atoms with E-state index in [1.165, 1.54) is 0 Å². The Kier molecular flexibility index (Phi) is 5.55. The monoisotopic (exact) mass is 441 g/mol. The Morgan fingerprint density at radius 2 is 1.79 bits per heavy atom. The molecule has 164 valence electrons. The largest absolute Gasteiger partial charge is 0.456 e. The highest BCUT2D eigenvalue weighted by molar-refractivity contribution is 6.01. The Morgan fingerprint density at radius 3 is 2.64 bits per heavy atom. The molecule has 0 saturated heterocycles. The number of hydrogen-bond donors (Lipinski definition) is 3. The number of halogens is 1. The second kappa shape index (κ2) is 8.96. The van der Waals surface area contributed by atoms with Crippen LogP contribution in [0.2, 0.25) is 0 Å². The summed E-state index contributed by atoms with van der Waals surface area (Å²) < 4.78 is 18.7. The lowest BCUT2D eigenvalue weighted by Gasteiger charge is -2.11. The number of fused-ring (bicyclic) bond motifs is 2. The van der Waals surface area contributed by atoms with E-state index in [1.54, 1.807) is 42.7 Å². The van der Waals surface area contributed by atoms with Crippen LogP contribution in [0.3, 0.4) is 0 Å². The van der Waals surface area contributed by atoms with Gasteiger partial charge in [0.05, 0.1) is 18.3 Å². The summed E-state index contributed by atoms with van der Waals surface area (Å²) >= 11 is 0. The number of nitrogens with zero attached hydrogens (tertiary/aromatic N) is 2. The van der Waals surface area contributed by atoms with E-state index in [1.807, 2.05) is 36.4 Å². The van der Waals surface area contributed by atoms with Crippen LogP contribution >= 0.6 is 0 Å². The highest BCUT2D eigenvalue weighted by Gasteiger charge is 2.08. The number of anilines is 2. The predicted octanol–water partition coefficient (Wildman–Crippen LogP) is 6.06. The van der Waals surface area contributed by atoms with Crippen molar-refractivity contribution in [1.29, 1.82) is 0 Å². The number of alkyl halides is 1. The zero-order valence-corrected chi connectivity index (χ0v) is 17.5. The van der Waals surface area contributed by atoms with Crippen LogP contribution in [0.25, 0.3) is 21.8 Å². The Hall–Kier alpha value is -4.46. The average molecular weight is 441 g/mol. The van der Waals surface area contributed by atoms with Gasteiger partial charge in [0.15, 0.2) is 5.65 Å².